The van der Waals surface area contributed by atoms with Crippen LogP contribution in [0.25, 0.3) is 0 Å². The molecule has 0 bridgehead atoms. The van der Waals surface area contributed by atoms with E-state index in [2.05, 4.69) is 30.0 Å². The van der Waals surface area contributed by atoms with Gasteiger partial charge < -0.3 is 26.4 Å². The Kier molecular flexibility index (Phi) is 8.72. The van der Waals surface area contributed by atoms with Crippen LogP contribution in [0.1, 0.15) is 35.9 Å². The fraction of sp³-hybridized carbons (Fsp3) is 0.214. The van der Waals surface area contributed by atoms with Crippen molar-refractivity contribution in [3.63, 3.8) is 0 Å². The molecule has 6 rings (SSSR count). The first-order chi connectivity index (χ1) is 21.8. The number of ether oxygens (including phenoxy) is 1. The van der Waals surface area contributed by atoms with Crippen molar-refractivity contribution < 1.29 is 24.0 Å². The number of nitrogens with two attached hydrogens (primary N) is 2. The molecule has 230 valence electrons. The number of hydrogen-bond acceptors (Lipinski definition) is 15. The average Bonchev–Trinajstić information content (AvgIpc) is 3.68. The summed E-state index contributed by atoms with van der Waals surface area (Å²) >= 11 is 3.26. The van der Waals surface area contributed by atoms with Crippen molar-refractivity contribution >= 4 is 68.4 Å². The third kappa shape index (κ3) is 6.22. The van der Waals surface area contributed by atoms with Crippen molar-refractivity contribution in [1.82, 2.24) is 29.8 Å². The quantitative estimate of drug-likeness (QED) is 0.0971. The maximum Gasteiger partial charge on any atom is 0.356 e. The molecule has 5 N–H and O–H groups in total. The molecule has 14 nitrogen and oxygen atoms in total. The van der Waals surface area contributed by atoms with E-state index < -0.39 is 36.0 Å². The summed E-state index contributed by atoms with van der Waals surface area (Å²) in [6.07, 6.45) is 0.109. The smallest absolute Gasteiger partial charge is 0.356 e. The molecule has 17 heteroatoms. The molecular weight excluding hydrogens is 639 g/mol. The van der Waals surface area contributed by atoms with E-state index in [1.54, 1.807) is 0 Å². The molecule has 0 radical (unpaired) electrons. The summed E-state index contributed by atoms with van der Waals surface area (Å²) in [5.74, 6) is -1.94. The molecule has 2 aromatic heterocycles. The van der Waals surface area contributed by atoms with Gasteiger partial charge in [-0.25, -0.2) is 4.79 Å². The van der Waals surface area contributed by atoms with E-state index in [0.29, 0.717) is 22.1 Å². The zero-order valence-corrected chi connectivity index (χ0v) is 26.0. The third-order valence-electron chi connectivity index (χ3n) is 6.99. The van der Waals surface area contributed by atoms with E-state index in [1.807, 2.05) is 60.7 Å². The maximum absolute atomic E-state index is 14.1. The van der Waals surface area contributed by atoms with Gasteiger partial charge in [0.2, 0.25) is 16.7 Å². The molecule has 0 aliphatic carbocycles. The average molecular weight is 664 g/mol. The summed E-state index contributed by atoms with van der Waals surface area (Å²) in [4.78, 5) is 51.8. The number of aromatic nitrogens is 4. The van der Waals surface area contributed by atoms with Crippen LogP contribution in [0.3, 0.4) is 0 Å². The lowest BCUT2D eigenvalue weighted by Crippen LogP contribution is -2.72. The first kappa shape index (κ1) is 30.2. The number of fused-ring (bicyclic) bond motifs is 1. The van der Waals surface area contributed by atoms with Crippen molar-refractivity contribution in [1.29, 1.82) is 0 Å². The summed E-state index contributed by atoms with van der Waals surface area (Å²) in [7, 11) is 1.27. The Morgan fingerprint density at radius 1 is 1.07 bits per heavy atom. The summed E-state index contributed by atoms with van der Waals surface area (Å²) in [6, 6.07) is 17.2. The van der Waals surface area contributed by atoms with E-state index in [9.17, 15) is 14.4 Å². The molecule has 4 aromatic rings. The van der Waals surface area contributed by atoms with Crippen molar-refractivity contribution in [3.8, 4) is 0 Å². The Morgan fingerprint density at radius 2 is 1.76 bits per heavy atom. The minimum Gasteiger partial charge on any atom is -0.448 e. The van der Waals surface area contributed by atoms with Gasteiger partial charge in [0.15, 0.2) is 15.6 Å². The number of benzene rings is 2. The highest BCUT2D eigenvalue weighted by molar-refractivity contribution is 8.04. The van der Waals surface area contributed by atoms with Gasteiger partial charge in [0, 0.05) is 16.4 Å². The number of β-lactam (4-membered cyclic amide) rings is 1. The summed E-state index contributed by atoms with van der Waals surface area (Å²) in [5, 5.41) is 14.8. The molecule has 2 aliphatic heterocycles. The van der Waals surface area contributed by atoms with Crippen LogP contribution < -0.4 is 16.8 Å². The summed E-state index contributed by atoms with van der Waals surface area (Å²) in [6.45, 7) is 0. The first-order valence-electron chi connectivity index (χ1n) is 13.5. The number of carbonyl (C=O) groups excluding carboxylic acids is 3. The second-order valence-corrected chi connectivity index (χ2v) is 12.9. The lowest BCUT2D eigenvalue weighted by Gasteiger charge is -2.50. The molecule has 2 atom stereocenters. The van der Waals surface area contributed by atoms with Crippen LogP contribution in [0.15, 0.2) is 80.8 Å². The minimum atomic E-state index is -0.943. The van der Waals surface area contributed by atoms with Crippen LogP contribution in [-0.4, -0.2) is 67.1 Å². The second kappa shape index (κ2) is 13.0. The standard InChI is InChI=1S/C28H25N9O5S3/c1-41-35-19(22-32-26(29)45-36-22)23(38)31-18-16-12-13-17(43-28-34-33-27(30)44-28)20(37(16)24(18)39)25(40)42-21(14-8-4-2-5-9-14)15-10-6-3-7-11-15/h2-11,16,18,21H,12-13H2,1H3,(H2,30,33)(H,31,38)(H2,29,32,36). The molecule has 4 heterocycles. The Morgan fingerprint density at radius 3 is 2.33 bits per heavy atom. The molecule has 1 saturated heterocycles. The number of nitrogen functional groups attached to an aromatic ring is 2. The van der Waals surface area contributed by atoms with Gasteiger partial charge in [0.05, 0.1) is 6.04 Å². The molecule has 0 spiro atoms. The highest BCUT2D eigenvalue weighted by atomic mass is 32.2. The monoisotopic (exact) mass is 663 g/mol. The van der Waals surface area contributed by atoms with Crippen molar-refractivity contribution in [2.45, 2.75) is 35.4 Å². The predicted molar refractivity (Wildman–Crippen MR) is 168 cm³/mol. The van der Waals surface area contributed by atoms with Crippen LogP contribution in [0.2, 0.25) is 0 Å². The topological polar surface area (TPSA) is 201 Å². The van der Waals surface area contributed by atoms with E-state index in [0.717, 1.165) is 22.7 Å². The Labute approximate surface area is 268 Å². The second-order valence-electron chi connectivity index (χ2n) is 9.73. The number of thioether (sulfide) groups is 1. The number of amides is 2. The Hall–Kier alpha value is -4.87. The molecule has 0 saturated carbocycles. The molecular formula is C28H25N9O5S3. The van der Waals surface area contributed by atoms with Gasteiger partial charge in [0.25, 0.3) is 11.8 Å². The number of allylic oxidation sites excluding steroid dienone is 1. The Bertz CT molecular complexity index is 1760. The SMILES string of the molecule is CON=C(C(=O)NC1C(=O)N2C(C(=O)OC(c3ccccc3)c3ccccc3)=C(Sc3nnc(N)s3)CCC12)c1nsc(N)n1. The number of carbonyl (C=O) groups is 3. The maximum atomic E-state index is 14.1. The molecule has 2 unspecified atom stereocenters. The Balaban J connectivity index is 1.30. The van der Waals surface area contributed by atoms with Gasteiger partial charge >= 0.3 is 5.97 Å². The molecule has 45 heavy (non-hydrogen) atoms. The highest BCUT2D eigenvalue weighted by Crippen LogP contribution is 2.45. The fourth-order valence-corrected chi connectivity index (χ4v) is 7.34. The number of rotatable bonds is 10. The lowest BCUT2D eigenvalue weighted by molar-refractivity contribution is -0.158. The van der Waals surface area contributed by atoms with Crippen molar-refractivity contribution in [3.05, 3.63) is 88.2 Å². The van der Waals surface area contributed by atoms with Gasteiger partial charge in [0.1, 0.15) is 18.8 Å². The highest BCUT2D eigenvalue weighted by Gasteiger charge is 2.54. The number of oxime groups is 1. The normalized spacial score (nSPS) is 18.0. The van der Waals surface area contributed by atoms with E-state index in [1.165, 1.54) is 35.1 Å². The summed E-state index contributed by atoms with van der Waals surface area (Å²) < 4.78 is 10.7. The van der Waals surface area contributed by atoms with Gasteiger partial charge in [-0.3, -0.25) is 14.5 Å². The van der Waals surface area contributed by atoms with Gasteiger partial charge in [-0.05, 0) is 24.0 Å². The van der Waals surface area contributed by atoms with Gasteiger partial charge in [-0.1, -0.05) is 88.9 Å². The number of esters is 1. The lowest BCUT2D eigenvalue weighted by atomic mass is 9.86. The van der Waals surface area contributed by atoms with E-state index >= 15 is 0 Å². The first-order valence-corrected chi connectivity index (χ1v) is 15.9. The van der Waals surface area contributed by atoms with Crippen molar-refractivity contribution in [2.24, 2.45) is 5.16 Å². The molecule has 2 amide bonds. The van der Waals surface area contributed by atoms with Gasteiger partial charge in [-0.2, -0.15) is 9.36 Å². The number of nitrogens with zero attached hydrogens (tertiary/aromatic N) is 6. The zero-order chi connectivity index (χ0) is 31.5. The number of nitrogens with one attached hydrogen (secondary N) is 1. The van der Waals surface area contributed by atoms with E-state index in [4.69, 9.17) is 21.0 Å². The number of hydrogen-bond donors (Lipinski definition) is 3. The van der Waals surface area contributed by atoms with Crippen molar-refractivity contribution in [2.75, 3.05) is 18.6 Å². The van der Waals surface area contributed by atoms with Crippen LogP contribution >= 0.6 is 34.6 Å². The van der Waals surface area contributed by atoms with Gasteiger partial charge in [-0.15, -0.1) is 10.2 Å². The molecule has 2 aromatic carbocycles. The number of anilines is 2. The largest absolute Gasteiger partial charge is 0.448 e. The van der Waals surface area contributed by atoms with E-state index in [-0.39, 0.29) is 27.5 Å². The summed E-state index contributed by atoms with van der Waals surface area (Å²) in [5.41, 5.74) is 12.8. The zero-order valence-electron chi connectivity index (χ0n) is 23.5. The minimum absolute atomic E-state index is 0.0313. The third-order valence-corrected chi connectivity index (χ3v) is 9.48. The fourth-order valence-electron chi connectivity index (χ4n) is 5.05. The van der Waals surface area contributed by atoms with Crippen LogP contribution in [-0.2, 0) is 24.0 Å². The van der Waals surface area contributed by atoms with Crippen LogP contribution in [0.5, 0.6) is 0 Å². The molecule has 1 fully saturated rings. The molecule has 2 aliphatic rings. The van der Waals surface area contributed by atoms with Crippen LogP contribution in [0, 0.1) is 0 Å². The predicted octanol–water partition coefficient (Wildman–Crippen LogP) is 2.73. The van der Waals surface area contributed by atoms with Crippen LogP contribution in [0.4, 0.5) is 10.3 Å².